The molecule has 1 aliphatic heterocycles. The quantitative estimate of drug-likeness (QED) is 0.771. The van der Waals surface area contributed by atoms with E-state index in [9.17, 15) is 13.2 Å². The van der Waals surface area contributed by atoms with Crippen LogP contribution >= 0.6 is 0 Å². The first kappa shape index (κ1) is 12.4. The lowest BCUT2D eigenvalue weighted by atomic mass is 10.2. The maximum absolute atomic E-state index is 11.8. The van der Waals surface area contributed by atoms with Gasteiger partial charge in [0.15, 0.2) is 0 Å². The molecule has 0 aliphatic carbocycles. The van der Waals surface area contributed by atoms with Crippen molar-refractivity contribution >= 4 is 16.0 Å². The third-order valence-corrected chi connectivity index (χ3v) is 4.66. The van der Waals surface area contributed by atoms with Crippen LogP contribution in [0.25, 0.3) is 0 Å². The van der Waals surface area contributed by atoms with Crippen LogP contribution in [-0.2, 0) is 14.8 Å². The van der Waals surface area contributed by atoms with E-state index in [2.05, 4.69) is 0 Å². The molecule has 88 valence electrons. The summed E-state index contributed by atoms with van der Waals surface area (Å²) in [6.45, 7) is 2.49. The highest BCUT2D eigenvalue weighted by Crippen LogP contribution is 2.15. The van der Waals surface area contributed by atoms with Crippen molar-refractivity contribution in [2.45, 2.75) is 26.2 Å². The van der Waals surface area contributed by atoms with Gasteiger partial charge in [-0.05, 0) is 12.8 Å². The smallest absolute Gasteiger partial charge is 0.307 e. The molecule has 1 atom stereocenters. The van der Waals surface area contributed by atoms with Crippen LogP contribution in [0.3, 0.4) is 0 Å². The van der Waals surface area contributed by atoms with Crippen molar-refractivity contribution in [1.29, 1.82) is 0 Å². The van der Waals surface area contributed by atoms with Gasteiger partial charge in [-0.15, -0.1) is 0 Å². The molecular weight excluding hydrogens is 218 g/mol. The molecule has 0 spiro atoms. The summed E-state index contributed by atoms with van der Waals surface area (Å²) in [5, 5.41) is 8.66. The molecule has 1 N–H and O–H groups in total. The van der Waals surface area contributed by atoms with Gasteiger partial charge in [-0.2, -0.15) is 0 Å². The van der Waals surface area contributed by atoms with Gasteiger partial charge in [-0.25, -0.2) is 12.7 Å². The second-order valence-corrected chi connectivity index (χ2v) is 5.99. The molecule has 5 nitrogen and oxygen atoms in total. The van der Waals surface area contributed by atoms with E-state index in [0.29, 0.717) is 13.1 Å². The molecule has 0 aromatic heterocycles. The molecule has 0 amide bonds. The molecule has 1 saturated heterocycles. The third-order valence-electron chi connectivity index (χ3n) is 2.59. The monoisotopic (exact) mass is 235 g/mol. The van der Waals surface area contributed by atoms with E-state index in [0.717, 1.165) is 19.3 Å². The maximum Gasteiger partial charge on any atom is 0.307 e. The first-order valence-electron chi connectivity index (χ1n) is 5.14. The van der Waals surface area contributed by atoms with E-state index < -0.39 is 21.9 Å². The van der Waals surface area contributed by atoms with Gasteiger partial charge < -0.3 is 5.11 Å². The maximum atomic E-state index is 11.8. The molecule has 1 aliphatic rings. The minimum Gasteiger partial charge on any atom is -0.481 e. The third kappa shape index (κ3) is 3.46. The lowest BCUT2D eigenvalue weighted by molar-refractivity contribution is -0.140. The minimum absolute atomic E-state index is 0.289. The average molecular weight is 235 g/mol. The fraction of sp³-hybridized carbons (Fsp3) is 0.889. The second kappa shape index (κ2) is 4.94. The van der Waals surface area contributed by atoms with E-state index in [1.54, 1.807) is 0 Å². The summed E-state index contributed by atoms with van der Waals surface area (Å²) in [4.78, 5) is 10.6. The van der Waals surface area contributed by atoms with E-state index in [1.807, 2.05) is 0 Å². The predicted molar refractivity (Wildman–Crippen MR) is 56.0 cm³/mol. The second-order valence-electron chi connectivity index (χ2n) is 3.98. The number of carbonyl (C=O) groups is 1. The van der Waals surface area contributed by atoms with Crippen molar-refractivity contribution in [2.24, 2.45) is 5.92 Å². The highest BCUT2D eigenvalue weighted by molar-refractivity contribution is 7.89. The molecule has 15 heavy (non-hydrogen) atoms. The van der Waals surface area contributed by atoms with Crippen molar-refractivity contribution in [2.75, 3.05) is 18.8 Å². The fourth-order valence-electron chi connectivity index (χ4n) is 1.64. The molecule has 0 unspecified atom stereocenters. The van der Waals surface area contributed by atoms with E-state index in [-0.39, 0.29) is 5.75 Å². The topological polar surface area (TPSA) is 74.7 Å². The number of nitrogens with zero attached hydrogens (tertiary/aromatic N) is 1. The summed E-state index contributed by atoms with van der Waals surface area (Å²) < 4.78 is 24.9. The molecule has 1 rings (SSSR count). The van der Waals surface area contributed by atoms with Crippen LogP contribution in [0.5, 0.6) is 0 Å². The number of carboxylic acids is 1. The summed E-state index contributed by atoms with van der Waals surface area (Å²) in [5.74, 6) is -2.19. The van der Waals surface area contributed by atoms with Crippen LogP contribution in [0.15, 0.2) is 0 Å². The number of hydrogen-bond donors (Lipinski definition) is 1. The number of piperidine rings is 1. The number of aliphatic carboxylic acids is 1. The van der Waals surface area contributed by atoms with Crippen LogP contribution in [0.2, 0.25) is 0 Å². The lowest BCUT2D eigenvalue weighted by Crippen LogP contribution is -2.39. The van der Waals surface area contributed by atoms with E-state index in [4.69, 9.17) is 5.11 Å². The first-order valence-corrected chi connectivity index (χ1v) is 6.75. The van der Waals surface area contributed by atoms with Gasteiger partial charge in [0.25, 0.3) is 0 Å². The Morgan fingerprint density at radius 3 is 2.33 bits per heavy atom. The Morgan fingerprint density at radius 2 is 1.87 bits per heavy atom. The van der Waals surface area contributed by atoms with Gasteiger partial charge in [0.2, 0.25) is 10.0 Å². The van der Waals surface area contributed by atoms with Crippen molar-refractivity contribution in [3.63, 3.8) is 0 Å². The molecule has 0 aromatic carbocycles. The average Bonchev–Trinajstić information content (AvgIpc) is 2.18. The van der Waals surface area contributed by atoms with Gasteiger partial charge in [0, 0.05) is 13.1 Å². The minimum atomic E-state index is -3.38. The number of hydrogen-bond acceptors (Lipinski definition) is 3. The summed E-state index contributed by atoms with van der Waals surface area (Å²) in [6.07, 6.45) is 2.81. The summed E-state index contributed by atoms with van der Waals surface area (Å²) in [6, 6.07) is 0. The summed E-state index contributed by atoms with van der Waals surface area (Å²) in [7, 11) is -3.38. The van der Waals surface area contributed by atoms with Crippen LogP contribution in [0, 0.1) is 5.92 Å². The van der Waals surface area contributed by atoms with Gasteiger partial charge in [0.05, 0.1) is 11.7 Å². The van der Waals surface area contributed by atoms with Crippen molar-refractivity contribution in [1.82, 2.24) is 4.31 Å². The highest BCUT2D eigenvalue weighted by atomic mass is 32.2. The van der Waals surface area contributed by atoms with Crippen molar-refractivity contribution in [3.05, 3.63) is 0 Å². The zero-order chi connectivity index (χ0) is 11.5. The first-order chi connectivity index (χ1) is 6.93. The van der Waals surface area contributed by atoms with E-state index >= 15 is 0 Å². The van der Waals surface area contributed by atoms with Crippen LogP contribution in [-0.4, -0.2) is 42.6 Å². The van der Waals surface area contributed by atoms with Crippen molar-refractivity contribution < 1.29 is 18.3 Å². The Bertz CT molecular complexity index is 319. The van der Waals surface area contributed by atoms with Gasteiger partial charge >= 0.3 is 5.97 Å². The number of sulfonamides is 1. The molecule has 0 bridgehead atoms. The normalized spacial score (nSPS) is 21.1. The zero-order valence-corrected chi connectivity index (χ0v) is 9.66. The Hall–Kier alpha value is -0.620. The Balaban J connectivity index is 2.61. The predicted octanol–water partition coefficient (Wildman–Crippen LogP) is 0.523. The Kier molecular flexibility index (Phi) is 4.10. The molecule has 1 fully saturated rings. The van der Waals surface area contributed by atoms with Crippen LogP contribution in [0.1, 0.15) is 26.2 Å². The van der Waals surface area contributed by atoms with Crippen LogP contribution < -0.4 is 0 Å². The fourth-order valence-corrected chi connectivity index (χ4v) is 3.44. The van der Waals surface area contributed by atoms with Gasteiger partial charge in [0.1, 0.15) is 0 Å². The standard InChI is InChI=1S/C9H17NO4S/c1-8(9(11)12)7-15(13,14)10-5-3-2-4-6-10/h8H,2-7H2,1H3,(H,11,12)/t8-/m0/s1. The summed E-state index contributed by atoms with van der Waals surface area (Å²) >= 11 is 0. The van der Waals surface area contributed by atoms with Crippen LogP contribution in [0.4, 0.5) is 0 Å². The lowest BCUT2D eigenvalue weighted by Gasteiger charge is -2.26. The highest BCUT2D eigenvalue weighted by Gasteiger charge is 2.28. The molecule has 0 saturated carbocycles. The molecular formula is C9H17NO4S. The van der Waals surface area contributed by atoms with Crippen molar-refractivity contribution in [3.8, 4) is 0 Å². The number of rotatable bonds is 4. The number of carboxylic acid groups (broad SMARTS) is 1. The van der Waals surface area contributed by atoms with Gasteiger partial charge in [-0.3, -0.25) is 4.79 Å². The largest absolute Gasteiger partial charge is 0.481 e. The SMILES string of the molecule is C[C@@H](CS(=O)(=O)N1CCCCC1)C(=O)O. The zero-order valence-electron chi connectivity index (χ0n) is 8.85. The molecule has 0 aromatic rings. The molecule has 1 heterocycles. The van der Waals surface area contributed by atoms with E-state index in [1.165, 1.54) is 11.2 Å². The Morgan fingerprint density at radius 1 is 1.33 bits per heavy atom. The van der Waals surface area contributed by atoms with Gasteiger partial charge in [-0.1, -0.05) is 13.3 Å². The molecule has 0 radical (unpaired) electrons. The molecule has 6 heteroatoms. The summed E-state index contributed by atoms with van der Waals surface area (Å²) in [5.41, 5.74) is 0. The Labute approximate surface area is 90.1 Å².